The van der Waals surface area contributed by atoms with E-state index in [4.69, 9.17) is 4.74 Å². The highest BCUT2D eigenvalue weighted by molar-refractivity contribution is 7.19. The molecule has 0 N–H and O–H groups in total. The van der Waals surface area contributed by atoms with Crippen LogP contribution < -0.4 is 10.3 Å². The van der Waals surface area contributed by atoms with Crippen LogP contribution in [0.3, 0.4) is 0 Å². The highest BCUT2D eigenvalue weighted by Gasteiger charge is 2.17. The lowest BCUT2D eigenvalue weighted by atomic mass is 10.0. The Labute approximate surface area is 130 Å². The van der Waals surface area contributed by atoms with Gasteiger partial charge in [0, 0.05) is 10.4 Å². The predicted molar refractivity (Wildman–Crippen MR) is 86.6 cm³/mol. The van der Waals surface area contributed by atoms with Crippen molar-refractivity contribution in [3.05, 3.63) is 45.8 Å². The summed E-state index contributed by atoms with van der Waals surface area (Å²) in [5.41, 5.74) is 1.55. The van der Waals surface area contributed by atoms with Gasteiger partial charge in [-0.3, -0.25) is 9.36 Å². The van der Waals surface area contributed by atoms with Gasteiger partial charge in [-0.25, -0.2) is 9.37 Å². The van der Waals surface area contributed by atoms with Crippen molar-refractivity contribution in [2.24, 2.45) is 0 Å². The third-order valence-electron chi connectivity index (χ3n) is 3.54. The number of halogens is 1. The van der Waals surface area contributed by atoms with E-state index >= 15 is 0 Å². The Hall–Kier alpha value is -2.21. The van der Waals surface area contributed by atoms with Crippen LogP contribution in [0.5, 0.6) is 5.75 Å². The summed E-state index contributed by atoms with van der Waals surface area (Å²) < 4.78 is 19.2. The molecule has 0 radical (unpaired) electrons. The number of aryl methyl sites for hydroxylation is 2. The van der Waals surface area contributed by atoms with Gasteiger partial charge in [-0.2, -0.15) is 0 Å². The molecule has 0 fully saturated rings. The van der Waals surface area contributed by atoms with Gasteiger partial charge in [-0.15, -0.1) is 11.3 Å². The molecule has 3 aromatic rings. The molecular formula is C16H15FN2O2S. The Morgan fingerprint density at radius 3 is 2.95 bits per heavy atom. The van der Waals surface area contributed by atoms with Gasteiger partial charge >= 0.3 is 0 Å². The van der Waals surface area contributed by atoms with Gasteiger partial charge in [0.1, 0.15) is 17.3 Å². The lowest BCUT2D eigenvalue weighted by molar-refractivity contribution is 0.415. The average molecular weight is 318 g/mol. The first-order valence-corrected chi connectivity index (χ1v) is 7.66. The maximum absolute atomic E-state index is 12.6. The number of ether oxygens (including phenoxy) is 1. The predicted octanol–water partition coefficient (Wildman–Crippen LogP) is 3.41. The summed E-state index contributed by atoms with van der Waals surface area (Å²) in [6.07, 6.45) is 1.41. The van der Waals surface area contributed by atoms with Crippen molar-refractivity contribution in [2.75, 3.05) is 13.8 Å². The van der Waals surface area contributed by atoms with Crippen LogP contribution in [0.4, 0.5) is 4.39 Å². The van der Waals surface area contributed by atoms with Crippen LogP contribution in [-0.4, -0.2) is 23.3 Å². The van der Waals surface area contributed by atoms with E-state index in [-0.39, 0.29) is 12.1 Å². The average Bonchev–Trinajstić information content (AvgIpc) is 2.87. The van der Waals surface area contributed by atoms with Gasteiger partial charge in [0.2, 0.25) is 0 Å². The van der Waals surface area contributed by atoms with Gasteiger partial charge in [0.25, 0.3) is 5.56 Å². The van der Waals surface area contributed by atoms with Crippen LogP contribution in [0.2, 0.25) is 0 Å². The molecule has 6 heteroatoms. The molecule has 0 aliphatic heterocycles. The molecule has 0 amide bonds. The summed E-state index contributed by atoms with van der Waals surface area (Å²) in [5.74, 6) is 0.726. The highest BCUT2D eigenvalue weighted by Crippen LogP contribution is 2.36. The first-order chi connectivity index (χ1) is 10.7. The molecule has 0 saturated heterocycles. The van der Waals surface area contributed by atoms with Crippen molar-refractivity contribution in [2.45, 2.75) is 13.5 Å². The minimum absolute atomic E-state index is 0.0220. The van der Waals surface area contributed by atoms with Gasteiger partial charge < -0.3 is 4.74 Å². The van der Waals surface area contributed by atoms with E-state index in [1.165, 1.54) is 22.2 Å². The van der Waals surface area contributed by atoms with Crippen LogP contribution in [0.1, 0.15) is 4.88 Å². The molecule has 2 heterocycles. The zero-order chi connectivity index (χ0) is 15.7. The first-order valence-electron chi connectivity index (χ1n) is 6.84. The molecule has 3 rings (SSSR count). The minimum Gasteiger partial charge on any atom is -0.497 e. The summed E-state index contributed by atoms with van der Waals surface area (Å²) in [7, 11) is 1.60. The van der Waals surface area contributed by atoms with E-state index < -0.39 is 6.67 Å². The van der Waals surface area contributed by atoms with E-state index in [1.807, 2.05) is 31.2 Å². The Kier molecular flexibility index (Phi) is 3.94. The smallest absolute Gasteiger partial charge is 0.262 e. The van der Waals surface area contributed by atoms with E-state index in [9.17, 15) is 9.18 Å². The standard InChI is InChI=1S/C16H15FN2O2S/c1-10-13(11-4-3-5-12(8-11)21-2)14-15(22-10)18-9-19(7-6-17)16(14)20/h3-5,8-9H,6-7H2,1-2H3. The Bertz CT molecular complexity index is 885. The summed E-state index contributed by atoms with van der Waals surface area (Å²) in [6, 6.07) is 7.56. The number of thiophene rings is 1. The third-order valence-corrected chi connectivity index (χ3v) is 4.55. The molecular weight excluding hydrogens is 303 g/mol. The zero-order valence-electron chi connectivity index (χ0n) is 12.3. The monoisotopic (exact) mass is 318 g/mol. The van der Waals surface area contributed by atoms with Crippen LogP contribution in [0.15, 0.2) is 35.4 Å². The van der Waals surface area contributed by atoms with Crippen LogP contribution >= 0.6 is 11.3 Å². The van der Waals surface area contributed by atoms with Crippen molar-refractivity contribution in [3.63, 3.8) is 0 Å². The molecule has 0 aliphatic rings. The van der Waals surface area contributed by atoms with Crippen molar-refractivity contribution >= 4 is 21.6 Å². The number of benzene rings is 1. The summed E-state index contributed by atoms with van der Waals surface area (Å²) in [6.45, 7) is 1.39. The van der Waals surface area contributed by atoms with Crippen LogP contribution in [-0.2, 0) is 6.54 Å². The number of nitrogens with zero attached hydrogens (tertiary/aromatic N) is 2. The topological polar surface area (TPSA) is 44.1 Å². The van der Waals surface area contributed by atoms with Gasteiger partial charge in [-0.1, -0.05) is 12.1 Å². The fourth-order valence-corrected chi connectivity index (χ4v) is 3.52. The van der Waals surface area contributed by atoms with Gasteiger partial charge in [0.15, 0.2) is 0 Å². The fourth-order valence-electron chi connectivity index (χ4n) is 2.51. The second kappa shape index (κ2) is 5.88. The molecule has 0 saturated carbocycles. The van der Waals surface area contributed by atoms with E-state index in [1.54, 1.807) is 7.11 Å². The van der Waals surface area contributed by atoms with Gasteiger partial charge in [-0.05, 0) is 24.6 Å². The SMILES string of the molecule is COc1cccc(-c2c(C)sc3ncn(CCF)c(=O)c23)c1. The molecule has 0 unspecified atom stereocenters. The molecule has 1 aromatic carbocycles. The summed E-state index contributed by atoms with van der Waals surface area (Å²) in [5, 5.41) is 0.548. The number of aromatic nitrogens is 2. The number of hydrogen-bond donors (Lipinski definition) is 0. The highest BCUT2D eigenvalue weighted by atomic mass is 32.1. The van der Waals surface area contributed by atoms with E-state index in [2.05, 4.69) is 4.98 Å². The fraction of sp³-hybridized carbons (Fsp3) is 0.250. The van der Waals surface area contributed by atoms with Gasteiger partial charge in [0.05, 0.1) is 25.4 Å². The van der Waals surface area contributed by atoms with E-state index in [0.29, 0.717) is 10.2 Å². The molecule has 22 heavy (non-hydrogen) atoms. The second-order valence-corrected chi connectivity index (χ2v) is 6.08. The molecule has 0 spiro atoms. The molecule has 0 aliphatic carbocycles. The lowest BCUT2D eigenvalue weighted by Crippen LogP contribution is -2.21. The van der Waals surface area contributed by atoms with Crippen LogP contribution in [0, 0.1) is 6.92 Å². The quantitative estimate of drug-likeness (QED) is 0.740. The van der Waals surface area contributed by atoms with Crippen molar-refractivity contribution in [1.82, 2.24) is 9.55 Å². The van der Waals surface area contributed by atoms with Crippen LogP contribution in [0.25, 0.3) is 21.3 Å². The minimum atomic E-state index is -0.593. The summed E-state index contributed by atoms with van der Waals surface area (Å²) in [4.78, 5) is 18.6. The molecule has 2 aromatic heterocycles. The van der Waals surface area contributed by atoms with E-state index in [0.717, 1.165) is 21.8 Å². The number of fused-ring (bicyclic) bond motifs is 1. The maximum Gasteiger partial charge on any atom is 0.262 e. The molecule has 4 nitrogen and oxygen atoms in total. The second-order valence-electron chi connectivity index (χ2n) is 4.88. The van der Waals surface area contributed by atoms with Crippen molar-refractivity contribution < 1.29 is 9.13 Å². The largest absolute Gasteiger partial charge is 0.497 e. The Balaban J connectivity index is 2.30. The molecule has 0 atom stereocenters. The number of methoxy groups -OCH3 is 1. The molecule has 0 bridgehead atoms. The number of alkyl halides is 1. The zero-order valence-corrected chi connectivity index (χ0v) is 13.1. The number of rotatable bonds is 4. The van der Waals surface area contributed by atoms with Crippen molar-refractivity contribution in [1.29, 1.82) is 0 Å². The number of hydrogen-bond acceptors (Lipinski definition) is 4. The third kappa shape index (κ3) is 2.39. The Morgan fingerprint density at radius 1 is 1.41 bits per heavy atom. The summed E-state index contributed by atoms with van der Waals surface area (Å²) >= 11 is 1.47. The first kappa shape index (κ1) is 14.7. The Morgan fingerprint density at radius 2 is 2.23 bits per heavy atom. The normalized spacial score (nSPS) is 11.0. The maximum atomic E-state index is 12.6. The molecule has 114 valence electrons. The van der Waals surface area contributed by atoms with Crippen molar-refractivity contribution in [3.8, 4) is 16.9 Å². The lowest BCUT2D eigenvalue weighted by Gasteiger charge is -2.06.